The molecule has 3 aliphatic rings. The molecule has 1 aromatic heterocycles. The summed E-state index contributed by atoms with van der Waals surface area (Å²) in [5, 5.41) is 1.26. The maximum absolute atomic E-state index is 13.3. The highest BCUT2D eigenvalue weighted by Gasteiger charge is 2.37. The van der Waals surface area contributed by atoms with E-state index in [1.165, 1.54) is 4.90 Å². The maximum atomic E-state index is 13.3. The maximum Gasteiger partial charge on any atom is 0.250 e. The van der Waals surface area contributed by atoms with Crippen LogP contribution in [0.2, 0.25) is 5.02 Å². The molecule has 10 nitrogen and oxygen atoms in total. The lowest BCUT2D eigenvalue weighted by Crippen LogP contribution is -2.56. The zero-order chi connectivity index (χ0) is 27.7. The van der Waals surface area contributed by atoms with Gasteiger partial charge >= 0.3 is 0 Å². The molecule has 0 bridgehead atoms. The van der Waals surface area contributed by atoms with Crippen molar-refractivity contribution in [3.63, 3.8) is 0 Å². The number of halogens is 1. The highest BCUT2D eigenvalue weighted by molar-refractivity contribution is 7.91. The number of piperidine rings is 1. The van der Waals surface area contributed by atoms with Crippen LogP contribution in [0.3, 0.4) is 0 Å². The summed E-state index contributed by atoms with van der Waals surface area (Å²) in [5.41, 5.74) is 0. The number of nitrogens with one attached hydrogen (secondary N) is 1. The topological polar surface area (TPSA) is 110 Å². The highest BCUT2D eigenvalue weighted by Crippen LogP contribution is 2.31. The fourth-order valence-corrected chi connectivity index (χ4v) is 8.52. The molecule has 0 saturated carbocycles. The zero-order valence-electron chi connectivity index (χ0n) is 22.0. The predicted molar refractivity (Wildman–Crippen MR) is 150 cm³/mol. The van der Waals surface area contributed by atoms with Crippen molar-refractivity contribution in [1.29, 1.82) is 0 Å². The number of thiophene rings is 1. The fraction of sp³-hybridized carbons (Fsp3) is 0.577. The first-order valence-electron chi connectivity index (χ1n) is 13.4. The highest BCUT2D eigenvalue weighted by atomic mass is 35.5. The molecule has 4 heterocycles. The van der Waals surface area contributed by atoms with Gasteiger partial charge in [-0.25, -0.2) is 8.42 Å². The van der Waals surface area contributed by atoms with E-state index in [0.29, 0.717) is 44.0 Å². The van der Waals surface area contributed by atoms with Gasteiger partial charge in [-0.1, -0.05) is 11.6 Å². The van der Waals surface area contributed by atoms with E-state index < -0.39 is 16.1 Å². The number of carbonyl (C=O) groups excluding carboxylic acids is 3. The molecule has 1 N–H and O–H groups in total. The molecular weight excluding hydrogens is 562 g/mol. The quantitative estimate of drug-likeness (QED) is 0.524. The van der Waals surface area contributed by atoms with Gasteiger partial charge in [0, 0.05) is 68.5 Å². The van der Waals surface area contributed by atoms with Gasteiger partial charge in [0.2, 0.25) is 17.7 Å². The number of carbonyl (C=O) groups is 3. The Balaban J connectivity index is 1.18. The summed E-state index contributed by atoms with van der Waals surface area (Å²) < 4.78 is 29.8. The molecule has 3 saturated heterocycles. The number of likely N-dealkylation sites (tertiary alicyclic amines) is 2. The van der Waals surface area contributed by atoms with Crippen LogP contribution in [0.25, 0.3) is 10.1 Å². The van der Waals surface area contributed by atoms with E-state index in [-0.39, 0.29) is 34.5 Å². The Bertz CT molecular complexity index is 1360. The molecule has 3 amide bonds. The fourth-order valence-electron chi connectivity index (χ4n) is 5.73. The number of rotatable bonds is 7. The molecule has 3 aliphatic heterocycles. The SMILES string of the molecule is CC(=O)N1CCN(CC2CCCN2C(=O)CN2CCCC(NS(=O)(=O)c3cc4cc(Cl)ccc4s3)C2=O)CC1. The number of sulfonamides is 1. The smallest absolute Gasteiger partial charge is 0.250 e. The molecule has 0 spiro atoms. The molecule has 2 unspecified atom stereocenters. The van der Waals surface area contributed by atoms with Gasteiger partial charge in [0.05, 0.1) is 6.54 Å². The molecule has 212 valence electrons. The summed E-state index contributed by atoms with van der Waals surface area (Å²) in [6, 6.07) is 5.94. The molecule has 5 rings (SSSR count). The first kappa shape index (κ1) is 28.3. The van der Waals surface area contributed by atoms with Crippen molar-refractivity contribution in [2.45, 2.75) is 48.9 Å². The first-order chi connectivity index (χ1) is 18.6. The largest absolute Gasteiger partial charge is 0.340 e. The van der Waals surface area contributed by atoms with E-state index in [0.717, 1.165) is 53.9 Å². The van der Waals surface area contributed by atoms with Crippen molar-refractivity contribution >= 4 is 60.8 Å². The molecular formula is C26H34ClN5O5S2. The Morgan fingerprint density at radius 1 is 1.05 bits per heavy atom. The third-order valence-electron chi connectivity index (χ3n) is 7.86. The molecule has 2 atom stereocenters. The lowest BCUT2D eigenvalue weighted by Gasteiger charge is -2.38. The van der Waals surface area contributed by atoms with Crippen LogP contribution in [-0.2, 0) is 24.4 Å². The number of benzene rings is 1. The third-order valence-corrected chi connectivity index (χ3v) is 11.2. The molecule has 13 heteroatoms. The molecule has 0 aliphatic carbocycles. The average Bonchev–Trinajstić information content (AvgIpc) is 3.54. The van der Waals surface area contributed by atoms with Crippen LogP contribution in [0, 0.1) is 0 Å². The first-order valence-corrected chi connectivity index (χ1v) is 16.1. The second kappa shape index (κ2) is 11.7. The molecule has 0 radical (unpaired) electrons. The van der Waals surface area contributed by atoms with Crippen molar-refractivity contribution in [3.8, 4) is 0 Å². The van der Waals surface area contributed by atoms with Crippen molar-refractivity contribution < 1.29 is 22.8 Å². The predicted octanol–water partition coefficient (Wildman–Crippen LogP) is 1.98. The minimum absolute atomic E-state index is 0.0485. The number of piperazine rings is 1. The minimum Gasteiger partial charge on any atom is -0.340 e. The number of hydrogen-bond acceptors (Lipinski definition) is 7. The summed E-state index contributed by atoms with van der Waals surface area (Å²) >= 11 is 7.17. The van der Waals surface area contributed by atoms with Crippen molar-refractivity contribution in [2.24, 2.45) is 0 Å². The van der Waals surface area contributed by atoms with Crippen LogP contribution in [-0.4, -0.2) is 110 Å². The second-order valence-electron chi connectivity index (χ2n) is 10.5. The van der Waals surface area contributed by atoms with E-state index in [1.807, 2.05) is 9.80 Å². The Morgan fingerprint density at radius 3 is 2.54 bits per heavy atom. The van der Waals surface area contributed by atoms with Gasteiger partial charge < -0.3 is 14.7 Å². The van der Waals surface area contributed by atoms with Gasteiger partial charge in [0.25, 0.3) is 10.0 Å². The van der Waals surface area contributed by atoms with E-state index >= 15 is 0 Å². The van der Waals surface area contributed by atoms with Gasteiger partial charge in [-0.05, 0) is 55.3 Å². The average molecular weight is 596 g/mol. The van der Waals surface area contributed by atoms with Crippen LogP contribution in [0.1, 0.15) is 32.6 Å². The van der Waals surface area contributed by atoms with E-state index in [4.69, 9.17) is 11.6 Å². The van der Waals surface area contributed by atoms with E-state index in [1.54, 1.807) is 31.2 Å². The van der Waals surface area contributed by atoms with Crippen molar-refractivity contribution in [1.82, 2.24) is 24.3 Å². The molecule has 2 aromatic rings. The standard InChI is InChI=1S/C26H34ClN5O5S2/c1-18(33)30-12-10-29(11-13-30)16-21-4-2-9-32(21)24(34)17-31-8-3-5-22(26(31)35)28-39(36,37)25-15-19-14-20(27)6-7-23(19)38-25/h6-7,14-15,21-22,28H,2-5,8-13,16-17H2,1H3. The Hall–Kier alpha value is -2.25. The summed E-state index contributed by atoms with van der Waals surface area (Å²) in [6.07, 6.45) is 2.83. The monoisotopic (exact) mass is 595 g/mol. The van der Waals surface area contributed by atoms with Crippen LogP contribution in [0.15, 0.2) is 28.5 Å². The normalized spacial score (nSPS) is 23.1. The van der Waals surface area contributed by atoms with Gasteiger partial charge in [0.15, 0.2) is 0 Å². The lowest BCUT2D eigenvalue weighted by atomic mass is 10.1. The van der Waals surface area contributed by atoms with Crippen LogP contribution >= 0.6 is 22.9 Å². The zero-order valence-corrected chi connectivity index (χ0v) is 24.4. The van der Waals surface area contributed by atoms with Gasteiger partial charge in [0.1, 0.15) is 10.3 Å². The number of fused-ring (bicyclic) bond motifs is 1. The number of amides is 3. The van der Waals surface area contributed by atoms with Crippen molar-refractivity contribution in [3.05, 3.63) is 29.3 Å². The van der Waals surface area contributed by atoms with E-state index in [2.05, 4.69) is 9.62 Å². The second-order valence-corrected chi connectivity index (χ2v) is 14.0. The lowest BCUT2D eigenvalue weighted by molar-refractivity contribution is -0.143. The van der Waals surface area contributed by atoms with Crippen LogP contribution in [0.4, 0.5) is 0 Å². The minimum atomic E-state index is -3.92. The van der Waals surface area contributed by atoms with Gasteiger partial charge in [-0.2, -0.15) is 4.72 Å². The number of nitrogens with zero attached hydrogens (tertiary/aromatic N) is 4. The summed E-state index contributed by atoms with van der Waals surface area (Å²) in [4.78, 5) is 45.7. The van der Waals surface area contributed by atoms with Crippen LogP contribution in [0.5, 0.6) is 0 Å². The van der Waals surface area contributed by atoms with E-state index in [9.17, 15) is 22.8 Å². The van der Waals surface area contributed by atoms with Gasteiger partial charge in [-0.15, -0.1) is 11.3 Å². The molecule has 39 heavy (non-hydrogen) atoms. The molecule has 3 fully saturated rings. The molecule has 1 aromatic carbocycles. The Labute approximate surface area is 237 Å². The summed E-state index contributed by atoms with van der Waals surface area (Å²) in [7, 11) is -3.92. The Morgan fingerprint density at radius 2 is 1.79 bits per heavy atom. The summed E-state index contributed by atoms with van der Waals surface area (Å²) in [5.74, 6) is -0.371. The van der Waals surface area contributed by atoms with Gasteiger partial charge in [-0.3, -0.25) is 19.3 Å². The summed E-state index contributed by atoms with van der Waals surface area (Å²) in [6.45, 7) is 6.36. The third kappa shape index (κ3) is 6.40. The Kier molecular flexibility index (Phi) is 8.48. The van der Waals surface area contributed by atoms with Crippen LogP contribution < -0.4 is 4.72 Å². The van der Waals surface area contributed by atoms with Crippen molar-refractivity contribution in [2.75, 3.05) is 52.4 Å². The number of hydrogen-bond donors (Lipinski definition) is 1.